The molecule has 7 heteroatoms. The van der Waals surface area contributed by atoms with Crippen LogP contribution in [0.4, 0.5) is 13.2 Å². The first kappa shape index (κ1) is 12.3. The SMILES string of the molecule is COC(=O)c1ncc(C(F)(F)F)cc1OC. The number of halogens is 3. The zero-order chi connectivity index (χ0) is 12.3. The minimum absolute atomic E-state index is 0.276. The van der Waals surface area contributed by atoms with Crippen molar-refractivity contribution in [1.29, 1.82) is 0 Å². The molecule has 16 heavy (non-hydrogen) atoms. The van der Waals surface area contributed by atoms with E-state index in [2.05, 4.69) is 14.5 Å². The number of hydrogen-bond donors (Lipinski definition) is 0. The Morgan fingerprint density at radius 2 is 2.00 bits per heavy atom. The van der Waals surface area contributed by atoms with Crippen molar-refractivity contribution in [1.82, 2.24) is 4.98 Å². The molecule has 0 aliphatic heterocycles. The van der Waals surface area contributed by atoms with Crippen LogP contribution in [0.25, 0.3) is 0 Å². The fourth-order valence-electron chi connectivity index (χ4n) is 1.01. The minimum Gasteiger partial charge on any atom is -0.494 e. The third-order valence-electron chi connectivity index (χ3n) is 1.78. The number of carbonyl (C=O) groups excluding carboxylic acids is 1. The van der Waals surface area contributed by atoms with Gasteiger partial charge in [0.05, 0.1) is 19.8 Å². The van der Waals surface area contributed by atoms with Crippen molar-refractivity contribution in [2.24, 2.45) is 0 Å². The molecule has 0 fully saturated rings. The number of ether oxygens (including phenoxy) is 2. The largest absolute Gasteiger partial charge is 0.494 e. The van der Waals surface area contributed by atoms with E-state index in [0.29, 0.717) is 12.3 Å². The van der Waals surface area contributed by atoms with E-state index >= 15 is 0 Å². The van der Waals surface area contributed by atoms with Gasteiger partial charge in [-0.3, -0.25) is 0 Å². The second-order valence-electron chi connectivity index (χ2n) is 2.76. The van der Waals surface area contributed by atoms with Gasteiger partial charge in [0.25, 0.3) is 0 Å². The lowest BCUT2D eigenvalue weighted by Gasteiger charge is -2.10. The van der Waals surface area contributed by atoms with Crippen molar-refractivity contribution in [2.75, 3.05) is 14.2 Å². The number of rotatable bonds is 2. The van der Waals surface area contributed by atoms with Gasteiger partial charge < -0.3 is 9.47 Å². The third-order valence-corrected chi connectivity index (χ3v) is 1.78. The summed E-state index contributed by atoms with van der Waals surface area (Å²) in [6, 6.07) is 0.694. The van der Waals surface area contributed by atoms with Crippen LogP contribution in [0.2, 0.25) is 0 Å². The first-order valence-electron chi connectivity index (χ1n) is 4.09. The second-order valence-corrected chi connectivity index (χ2v) is 2.76. The molecule has 0 saturated heterocycles. The molecular weight excluding hydrogens is 227 g/mol. The fourth-order valence-corrected chi connectivity index (χ4v) is 1.01. The average molecular weight is 235 g/mol. The van der Waals surface area contributed by atoms with Crippen LogP contribution in [0.5, 0.6) is 5.75 Å². The standard InChI is InChI=1S/C9H8F3NO3/c1-15-6-3-5(9(10,11)12)4-13-7(6)8(14)16-2/h3-4H,1-2H3. The molecule has 0 radical (unpaired) electrons. The van der Waals surface area contributed by atoms with Crippen LogP contribution >= 0.6 is 0 Å². The highest BCUT2D eigenvalue weighted by molar-refractivity contribution is 5.90. The van der Waals surface area contributed by atoms with Gasteiger partial charge in [-0.1, -0.05) is 0 Å². The number of methoxy groups -OCH3 is 2. The Bertz CT molecular complexity index is 403. The Morgan fingerprint density at radius 1 is 1.38 bits per heavy atom. The lowest BCUT2D eigenvalue weighted by molar-refractivity contribution is -0.138. The number of carbonyl (C=O) groups is 1. The van der Waals surface area contributed by atoms with Crippen LogP contribution in [0.3, 0.4) is 0 Å². The zero-order valence-corrected chi connectivity index (χ0v) is 8.46. The van der Waals surface area contributed by atoms with Gasteiger partial charge in [-0.15, -0.1) is 0 Å². The fraction of sp³-hybridized carbons (Fsp3) is 0.333. The Kier molecular flexibility index (Phi) is 3.36. The molecule has 0 atom stereocenters. The predicted molar refractivity (Wildman–Crippen MR) is 47.1 cm³/mol. The Hall–Kier alpha value is -1.79. The van der Waals surface area contributed by atoms with Crippen molar-refractivity contribution in [2.45, 2.75) is 6.18 Å². The highest BCUT2D eigenvalue weighted by Gasteiger charge is 2.32. The maximum absolute atomic E-state index is 12.3. The molecule has 1 aromatic heterocycles. The second kappa shape index (κ2) is 4.38. The van der Waals surface area contributed by atoms with Crippen molar-refractivity contribution in [3.05, 3.63) is 23.5 Å². The van der Waals surface area contributed by atoms with E-state index in [9.17, 15) is 18.0 Å². The van der Waals surface area contributed by atoms with Gasteiger partial charge in [-0.05, 0) is 6.07 Å². The number of hydrogen-bond acceptors (Lipinski definition) is 4. The normalized spacial score (nSPS) is 11.1. The van der Waals surface area contributed by atoms with Gasteiger partial charge in [-0.25, -0.2) is 9.78 Å². The van der Waals surface area contributed by atoms with Crippen LogP contribution in [0.1, 0.15) is 16.1 Å². The van der Waals surface area contributed by atoms with E-state index in [1.165, 1.54) is 0 Å². The summed E-state index contributed by atoms with van der Waals surface area (Å²) in [5.41, 5.74) is -1.28. The van der Waals surface area contributed by atoms with Gasteiger partial charge in [0.2, 0.25) is 0 Å². The van der Waals surface area contributed by atoms with Crippen molar-refractivity contribution in [3.63, 3.8) is 0 Å². The van der Waals surface area contributed by atoms with E-state index in [-0.39, 0.29) is 11.4 Å². The number of aromatic nitrogens is 1. The lowest BCUT2D eigenvalue weighted by Crippen LogP contribution is -2.11. The molecule has 0 saturated carbocycles. The lowest BCUT2D eigenvalue weighted by atomic mass is 10.2. The minimum atomic E-state index is -4.53. The Labute approximate surface area is 89.0 Å². The highest BCUT2D eigenvalue weighted by atomic mass is 19.4. The molecule has 4 nitrogen and oxygen atoms in total. The number of nitrogens with zero attached hydrogens (tertiary/aromatic N) is 1. The van der Waals surface area contributed by atoms with Gasteiger partial charge in [0, 0.05) is 6.20 Å². The molecule has 1 aromatic rings. The predicted octanol–water partition coefficient (Wildman–Crippen LogP) is 1.90. The molecule has 0 amide bonds. The van der Waals surface area contributed by atoms with Crippen molar-refractivity contribution >= 4 is 5.97 Å². The van der Waals surface area contributed by atoms with Crippen molar-refractivity contribution in [3.8, 4) is 5.75 Å². The molecule has 0 bridgehead atoms. The summed E-state index contributed by atoms with van der Waals surface area (Å²) in [6.45, 7) is 0. The molecule has 0 unspecified atom stereocenters. The summed E-state index contributed by atoms with van der Waals surface area (Å²) in [5, 5.41) is 0. The van der Waals surface area contributed by atoms with Crippen molar-refractivity contribution < 1.29 is 27.4 Å². The van der Waals surface area contributed by atoms with Gasteiger partial charge in [0.1, 0.15) is 0 Å². The van der Waals surface area contributed by atoms with Crippen LogP contribution < -0.4 is 4.74 Å². The van der Waals surface area contributed by atoms with Crippen LogP contribution in [0, 0.1) is 0 Å². The highest BCUT2D eigenvalue weighted by Crippen LogP contribution is 2.31. The van der Waals surface area contributed by atoms with Gasteiger partial charge >= 0.3 is 12.1 Å². The first-order valence-corrected chi connectivity index (χ1v) is 4.09. The van der Waals surface area contributed by atoms with Gasteiger partial charge in [-0.2, -0.15) is 13.2 Å². The molecule has 0 N–H and O–H groups in total. The first-order chi connectivity index (χ1) is 7.40. The third kappa shape index (κ3) is 2.41. The molecule has 88 valence electrons. The molecule has 0 aliphatic carbocycles. The average Bonchev–Trinajstić information content (AvgIpc) is 2.26. The van der Waals surface area contributed by atoms with E-state index in [1.54, 1.807) is 0 Å². The molecule has 0 aromatic carbocycles. The summed E-state index contributed by atoms with van der Waals surface area (Å²) in [5.74, 6) is -1.13. The van der Waals surface area contributed by atoms with Crippen LogP contribution in [0.15, 0.2) is 12.3 Å². The molecule has 0 aliphatic rings. The Balaban J connectivity index is 3.22. The van der Waals surface area contributed by atoms with E-state index in [0.717, 1.165) is 14.2 Å². The topological polar surface area (TPSA) is 48.4 Å². The number of pyridine rings is 1. The molecule has 1 heterocycles. The monoisotopic (exact) mass is 235 g/mol. The maximum Gasteiger partial charge on any atom is 0.418 e. The summed E-state index contributed by atoms with van der Waals surface area (Å²) < 4.78 is 45.9. The van der Waals surface area contributed by atoms with E-state index in [4.69, 9.17) is 0 Å². The molecular formula is C9H8F3NO3. The number of alkyl halides is 3. The summed E-state index contributed by atoms with van der Waals surface area (Å²) in [4.78, 5) is 14.5. The quantitative estimate of drug-likeness (QED) is 0.734. The zero-order valence-electron chi connectivity index (χ0n) is 8.46. The van der Waals surface area contributed by atoms with E-state index in [1.807, 2.05) is 0 Å². The summed E-state index contributed by atoms with van der Waals surface area (Å²) >= 11 is 0. The summed E-state index contributed by atoms with van der Waals surface area (Å²) in [6.07, 6.45) is -3.98. The van der Waals surface area contributed by atoms with E-state index < -0.39 is 17.7 Å². The number of esters is 1. The molecule has 1 rings (SSSR count). The molecule has 0 spiro atoms. The van der Waals surface area contributed by atoms with Crippen LogP contribution in [-0.2, 0) is 10.9 Å². The smallest absolute Gasteiger partial charge is 0.418 e. The summed E-state index contributed by atoms with van der Waals surface area (Å²) in [7, 11) is 2.24. The van der Waals surface area contributed by atoms with Gasteiger partial charge in [0.15, 0.2) is 11.4 Å². The Morgan fingerprint density at radius 3 is 2.44 bits per heavy atom. The maximum atomic E-state index is 12.3. The van der Waals surface area contributed by atoms with Crippen LogP contribution in [-0.4, -0.2) is 25.2 Å².